The van der Waals surface area contributed by atoms with Crippen LogP contribution in [-0.2, 0) is 19.4 Å². The lowest BCUT2D eigenvalue weighted by atomic mass is 10.0. The van der Waals surface area contributed by atoms with E-state index in [-0.39, 0.29) is 0 Å². The average molecular weight is 389 g/mol. The molecule has 0 saturated heterocycles. The lowest BCUT2D eigenvalue weighted by molar-refractivity contribution is -0.697. The fourth-order valence-electron chi connectivity index (χ4n) is 4.26. The van der Waals surface area contributed by atoms with Crippen LogP contribution in [0.1, 0.15) is 135 Å². The molecule has 1 heterocycles. The highest BCUT2D eigenvalue weighted by atomic mass is 14.9. The average Bonchev–Trinajstić information content (AvgIpc) is 2.73. The van der Waals surface area contributed by atoms with Crippen molar-refractivity contribution in [3.8, 4) is 0 Å². The lowest BCUT2D eigenvalue weighted by Crippen LogP contribution is -2.33. The zero-order valence-corrected chi connectivity index (χ0v) is 19.6. The molecule has 0 amide bonds. The molecule has 1 aromatic heterocycles. The van der Waals surface area contributed by atoms with Gasteiger partial charge in [-0.05, 0) is 24.8 Å². The van der Waals surface area contributed by atoms with E-state index in [1.807, 2.05) is 0 Å². The van der Waals surface area contributed by atoms with Crippen LogP contribution in [0.4, 0.5) is 0 Å². The minimum Gasteiger partial charge on any atom is -0.205 e. The molecule has 0 unspecified atom stereocenters. The highest BCUT2D eigenvalue weighted by molar-refractivity contribution is 5.20. The molecule has 28 heavy (non-hydrogen) atoms. The van der Waals surface area contributed by atoms with E-state index in [0.717, 1.165) is 12.8 Å². The summed E-state index contributed by atoms with van der Waals surface area (Å²) in [4.78, 5) is 0. The van der Waals surface area contributed by atoms with Gasteiger partial charge in [0.25, 0.3) is 0 Å². The zero-order chi connectivity index (χ0) is 20.3. The number of nitrogens with zero attached hydrogens (tertiary/aromatic N) is 1. The number of rotatable bonds is 19. The SMILES string of the molecule is CCCCCCCCCCCCCCCCCC[n+]1ccc(CC)c(CC)c1. The van der Waals surface area contributed by atoms with Crippen LogP contribution < -0.4 is 4.57 Å². The van der Waals surface area contributed by atoms with Gasteiger partial charge in [0.1, 0.15) is 6.54 Å². The van der Waals surface area contributed by atoms with Crippen LogP contribution in [0.5, 0.6) is 0 Å². The summed E-state index contributed by atoms with van der Waals surface area (Å²) in [5.41, 5.74) is 3.05. The molecule has 0 saturated carbocycles. The minimum absolute atomic E-state index is 1.16. The van der Waals surface area contributed by atoms with E-state index >= 15 is 0 Å². The molecule has 0 aromatic carbocycles. The summed E-state index contributed by atoms with van der Waals surface area (Å²) in [6.45, 7) is 8.02. The first-order valence-electron chi connectivity index (χ1n) is 12.8. The Hall–Kier alpha value is -0.850. The van der Waals surface area contributed by atoms with Crippen molar-refractivity contribution in [2.24, 2.45) is 0 Å². The Bertz CT molecular complexity index is 465. The van der Waals surface area contributed by atoms with Gasteiger partial charge < -0.3 is 0 Å². The van der Waals surface area contributed by atoms with Crippen LogP contribution in [0, 0.1) is 0 Å². The predicted octanol–water partition coefficient (Wildman–Crippen LogP) is 8.36. The van der Waals surface area contributed by atoms with Gasteiger partial charge in [0.15, 0.2) is 12.4 Å². The molecule has 0 bridgehead atoms. The Morgan fingerprint density at radius 2 is 0.964 bits per heavy atom. The quantitative estimate of drug-likeness (QED) is 0.165. The first-order chi connectivity index (χ1) is 13.8. The Labute approximate surface area is 177 Å². The normalized spacial score (nSPS) is 11.2. The van der Waals surface area contributed by atoms with Crippen molar-refractivity contribution in [1.29, 1.82) is 0 Å². The molecule has 0 aliphatic rings. The van der Waals surface area contributed by atoms with E-state index in [1.54, 1.807) is 0 Å². The molecule has 1 nitrogen and oxygen atoms in total. The summed E-state index contributed by atoms with van der Waals surface area (Å²) in [7, 11) is 0. The summed E-state index contributed by atoms with van der Waals surface area (Å²) in [5, 5.41) is 0. The van der Waals surface area contributed by atoms with Crippen LogP contribution in [-0.4, -0.2) is 0 Å². The Kier molecular flexibility index (Phi) is 16.4. The lowest BCUT2D eigenvalue weighted by Gasteiger charge is -2.05. The highest BCUT2D eigenvalue weighted by Gasteiger charge is 2.06. The summed E-state index contributed by atoms with van der Waals surface area (Å²) in [5.74, 6) is 0. The third-order valence-corrected chi connectivity index (χ3v) is 6.23. The predicted molar refractivity (Wildman–Crippen MR) is 125 cm³/mol. The first kappa shape index (κ1) is 25.2. The van der Waals surface area contributed by atoms with Gasteiger partial charge in [-0.2, -0.15) is 0 Å². The van der Waals surface area contributed by atoms with Gasteiger partial charge in [-0.3, -0.25) is 0 Å². The monoisotopic (exact) mass is 388 g/mol. The number of pyridine rings is 1. The van der Waals surface area contributed by atoms with Crippen molar-refractivity contribution in [3.63, 3.8) is 0 Å². The third kappa shape index (κ3) is 12.6. The Balaban J connectivity index is 1.87. The van der Waals surface area contributed by atoms with Gasteiger partial charge in [0, 0.05) is 18.1 Å². The number of hydrogen-bond donors (Lipinski definition) is 0. The van der Waals surface area contributed by atoms with Crippen molar-refractivity contribution in [3.05, 3.63) is 29.6 Å². The molecule has 1 heteroatoms. The minimum atomic E-state index is 1.16. The first-order valence-corrected chi connectivity index (χ1v) is 12.8. The van der Waals surface area contributed by atoms with Crippen LogP contribution in [0.25, 0.3) is 0 Å². The van der Waals surface area contributed by atoms with Crippen LogP contribution in [0.3, 0.4) is 0 Å². The molecular weight excluding hydrogens is 338 g/mol. The maximum atomic E-state index is 2.40. The van der Waals surface area contributed by atoms with Gasteiger partial charge in [0.05, 0.1) is 0 Å². The standard InChI is InChI=1S/C27H50N/c1-4-7-8-9-10-11-12-13-14-15-16-17-18-19-20-21-23-28-24-22-26(5-2)27(6-3)25-28/h22,24-25H,4-21,23H2,1-3H3/q+1. The van der Waals surface area contributed by atoms with Crippen molar-refractivity contribution in [2.45, 2.75) is 143 Å². The number of aryl methyl sites for hydroxylation is 3. The maximum absolute atomic E-state index is 2.40. The van der Waals surface area contributed by atoms with E-state index in [4.69, 9.17) is 0 Å². The molecular formula is C27H50N+. The van der Waals surface area contributed by atoms with Crippen LogP contribution in [0.15, 0.2) is 18.5 Å². The maximum Gasteiger partial charge on any atom is 0.172 e. The number of unbranched alkanes of at least 4 members (excludes halogenated alkanes) is 15. The molecule has 0 N–H and O–H groups in total. The fraction of sp³-hybridized carbons (Fsp3) is 0.815. The second-order valence-electron chi connectivity index (χ2n) is 8.74. The molecule has 0 spiro atoms. The van der Waals surface area contributed by atoms with E-state index in [9.17, 15) is 0 Å². The smallest absolute Gasteiger partial charge is 0.172 e. The van der Waals surface area contributed by atoms with Crippen molar-refractivity contribution < 1.29 is 4.57 Å². The molecule has 0 fully saturated rings. The molecule has 0 radical (unpaired) electrons. The Morgan fingerprint density at radius 3 is 1.39 bits per heavy atom. The summed E-state index contributed by atoms with van der Waals surface area (Å²) in [6.07, 6.45) is 30.0. The van der Waals surface area contributed by atoms with Crippen LogP contribution in [0.2, 0.25) is 0 Å². The summed E-state index contributed by atoms with van der Waals surface area (Å²) < 4.78 is 2.40. The van der Waals surface area contributed by atoms with E-state index < -0.39 is 0 Å². The second kappa shape index (κ2) is 18.2. The second-order valence-corrected chi connectivity index (χ2v) is 8.74. The number of hydrogen-bond acceptors (Lipinski definition) is 0. The largest absolute Gasteiger partial charge is 0.205 e. The molecule has 0 aliphatic carbocycles. The van der Waals surface area contributed by atoms with E-state index in [0.29, 0.717) is 0 Å². The third-order valence-electron chi connectivity index (χ3n) is 6.23. The van der Waals surface area contributed by atoms with Gasteiger partial charge in [0.2, 0.25) is 0 Å². The van der Waals surface area contributed by atoms with E-state index in [1.165, 1.54) is 120 Å². The van der Waals surface area contributed by atoms with Gasteiger partial charge in [-0.1, -0.05) is 111 Å². The molecule has 1 rings (SSSR count). The molecule has 162 valence electrons. The van der Waals surface area contributed by atoms with E-state index in [2.05, 4.69) is 43.8 Å². The molecule has 0 atom stereocenters. The van der Waals surface area contributed by atoms with Crippen molar-refractivity contribution in [2.75, 3.05) is 0 Å². The molecule has 0 aliphatic heterocycles. The number of aromatic nitrogens is 1. The van der Waals surface area contributed by atoms with Gasteiger partial charge in [-0.15, -0.1) is 0 Å². The summed E-state index contributed by atoms with van der Waals surface area (Å²) >= 11 is 0. The summed E-state index contributed by atoms with van der Waals surface area (Å²) in [6, 6.07) is 2.32. The van der Waals surface area contributed by atoms with Crippen molar-refractivity contribution >= 4 is 0 Å². The van der Waals surface area contributed by atoms with Crippen LogP contribution >= 0.6 is 0 Å². The van der Waals surface area contributed by atoms with Gasteiger partial charge >= 0.3 is 0 Å². The molecule has 1 aromatic rings. The Morgan fingerprint density at radius 1 is 0.536 bits per heavy atom. The topological polar surface area (TPSA) is 3.88 Å². The zero-order valence-electron chi connectivity index (χ0n) is 19.6. The van der Waals surface area contributed by atoms with Gasteiger partial charge in [-0.25, -0.2) is 4.57 Å². The van der Waals surface area contributed by atoms with Crippen molar-refractivity contribution in [1.82, 2.24) is 0 Å². The highest BCUT2D eigenvalue weighted by Crippen LogP contribution is 2.14. The fourth-order valence-corrected chi connectivity index (χ4v) is 4.26.